The maximum atomic E-state index is 12.3. The number of rotatable bonds is 11. The van der Waals surface area contributed by atoms with Crippen LogP contribution in [0, 0.1) is 0 Å². The molecular formula is C33H38N4O4. The second-order valence-electron chi connectivity index (χ2n) is 10.4. The van der Waals surface area contributed by atoms with E-state index in [-0.39, 0.29) is 18.0 Å². The van der Waals surface area contributed by atoms with E-state index in [4.69, 9.17) is 14.2 Å². The number of hydrogen-bond acceptors (Lipinski definition) is 7. The van der Waals surface area contributed by atoms with Crippen LogP contribution in [0.25, 0.3) is 5.69 Å². The molecule has 1 aromatic heterocycles. The van der Waals surface area contributed by atoms with E-state index >= 15 is 0 Å². The van der Waals surface area contributed by atoms with E-state index in [0.717, 1.165) is 48.9 Å². The largest absolute Gasteiger partial charge is 0.497 e. The molecule has 0 spiro atoms. The normalized spacial score (nSPS) is 17.9. The lowest BCUT2D eigenvalue weighted by molar-refractivity contribution is -0.141. The van der Waals surface area contributed by atoms with Gasteiger partial charge in [0.1, 0.15) is 23.6 Å². The molecule has 3 unspecified atom stereocenters. The van der Waals surface area contributed by atoms with E-state index in [2.05, 4.69) is 45.8 Å². The van der Waals surface area contributed by atoms with Crippen molar-refractivity contribution in [3.05, 3.63) is 102 Å². The summed E-state index contributed by atoms with van der Waals surface area (Å²) in [6, 6.07) is 25.8. The predicted molar refractivity (Wildman–Crippen MR) is 160 cm³/mol. The average molecular weight is 555 g/mol. The molecule has 8 nitrogen and oxygen atoms in total. The monoisotopic (exact) mass is 554 g/mol. The lowest BCUT2D eigenvalue weighted by atomic mass is 9.90. The summed E-state index contributed by atoms with van der Waals surface area (Å²) in [5, 5.41) is 8.00. The summed E-state index contributed by atoms with van der Waals surface area (Å²) in [7, 11) is 3.08. The Bertz CT molecular complexity index is 1410. The molecule has 3 atom stereocenters. The number of para-hydroxylation sites is 2. The Hall–Kier alpha value is -4.30. The molecular weight excluding hydrogens is 516 g/mol. The highest BCUT2D eigenvalue weighted by Crippen LogP contribution is 2.33. The van der Waals surface area contributed by atoms with Crippen LogP contribution in [0.3, 0.4) is 0 Å². The number of methoxy groups -OCH3 is 2. The fourth-order valence-electron chi connectivity index (χ4n) is 5.39. The van der Waals surface area contributed by atoms with Gasteiger partial charge in [-0.3, -0.25) is 4.90 Å². The lowest BCUT2D eigenvalue weighted by Gasteiger charge is -2.38. The van der Waals surface area contributed by atoms with Crippen LogP contribution in [-0.4, -0.2) is 60.1 Å². The van der Waals surface area contributed by atoms with Crippen molar-refractivity contribution in [3.63, 3.8) is 0 Å². The van der Waals surface area contributed by atoms with Gasteiger partial charge in [0.2, 0.25) is 0 Å². The number of piperidine rings is 1. The highest BCUT2D eigenvalue weighted by Gasteiger charge is 2.31. The van der Waals surface area contributed by atoms with E-state index in [1.165, 1.54) is 18.2 Å². The quantitative estimate of drug-likeness (QED) is 0.239. The molecule has 1 N–H and O–H groups in total. The van der Waals surface area contributed by atoms with Crippen LogP contribution in [0.4, 0.5) is 5.69 Å². The fourth-order valence-corrected chi connectivity index (χ4v) is 5.39. The van der Waals surface area contributed by atoms with Crippen molar-refractivity contribution in [1.29, 1.82) is 0 Å². The van der Waals surface area contributed by atoms with Crippen molar-refractivity contribution in [2.75, 3.05) is 32.6 Å². The number of aromatic nitrogens is 2. The Balaban J connectivity index is 1.37. The van der Waals surface area contributed by atoms with Crippen molar-refractivity contribution in [1.82, 2.24) is 14.7 Å². The van der Waals surface area contributed by atoms with Crippen LogP contribution in [0.5, 0.6) is 11.5 Å². The number of likely N-dealkylation sites (tertiary alicyclic amines) is 1. The van der Waals surface area contributed by atoms with Gasteiger partial charge in [0.25, 0.3) is 0 Å². The van der Waals surface area contributed by atoms with Crippen LogP contribution in [0.1, 0.15) is 36.8 Å². The lowest BCUT2D eigenvalue weighted by Crippen LogP contribution is -2.44. The van der Waals surface area contributed by atoms with Gasteiger partial charge in [-0.15, -0.1) is 0 Å². The van der Waals surface area contributed by atoms with Gasteiger partial charge < -0.3 is 19.5 Å². The number of carbonyl (C=O) groups excluding carboxylic acids is 1. The van der Waals surface area contributed by atoms with Gasteiger partial charge in [-0.2, -0.15) is 5.10 Å². The zero-order chi connectivity index (χ0) is 28.6. The molecule has 214 valence electrons. The van der Waals surface area contributed by atoms with Crippen molar-refractivity contribution >= 4 is 11.7 Å². The number of nitrogens with zero attached hydrogens (tertiary/aromatic N) is 3. The van der Waals surface area contributed by atoms with Crippen LogP contribution < -0.4 is 14.8 Å². The van der Waals surface area contributed by atoms with Gasteiger partial charge >= 0.3 is 5.97 Å². The third-order valence-corrected chi connectivity index (χ3v) is 7.55. The van der Waals surface area contributed by atoms with Crippen molar-refractivity contribution in [3.8, 4) is 17.2 Å². The number of esters is 1. The van der Waals surface area contributed by atoms with Crippen molar-refractivity contribution < 1.29 is 19.0 Å². The van der Waals surface area contributed by atoms with Gasteiger partial charge in [-0.05, 0) is 60.4 Å². The van der Waals surface area contributed by atoms with E-state index < -0.39 is 6.04 Å². The Kier molecular flexibility index (Phi) is 9.21. The standard InChI is InChI=1S/C33H38N4O4/c1-4-30(33(38)40-3)35-31-12-8-9-13-32(31)41-29-18-25(21-36(23-29)20-24-10-6-5-7-11-24)26-19-34-37(22-26)27-14-16-28(39-2)17-15-27/h5-17,19,22,25,29-30,35H,4,18,20-21,23H2,1-3H3. The van der Waals surface area contributed by atoms with Crippen molar-refractivity contribution in [2.45, 2.75) is 44.4 Å². The minimum absolute atomic E-state index is 0.0528. The summed E-state index contributed by atoms with van der Waals surface area (Å²) in [6.07, 6.45) is 5.49. The molecule has 1 saturated heterocycles. The summed E-state index contributed by atoms with van der Waals surface area (Å²) in [4.78, 5) is 14.7. The Morgan fingerprint density at radius 1 is 1.00 bits per heavy atom. The topological polar surface area (TPSA) is 77.9 Å². The zero-order valence-corrected chi connectivity index (χ0v) is 23.9. The summed E-state index contributed by atoms with van der Waals surface area (Å²) in [6.45, 7) is 4.49. The molecule has 41 heavy (non-hydrogen) atoms. The molecule has 8 heteroatoms. The Morgan fingerprint density at radius 3 is 2.49 bits per heavy atom. The molecule has 0 amide bonds. The maximum absolute atomic E-state index is 12.3. The summed E-state index contributed by atoms with van der Waals surface area (Å²) in [5.41, 5.74) is 4.22. The third kappa shape index (κ3) is 7.08. The van der Waals surface area contributed by atoms with E-state index in [0.29, 0.717) is 6.42 Å². The van der Waals surface area contributed by atoms with Gasteiger partial charge in [-0.25, -0.2) is 9.48 Å². The maximum Gasteiger partial charge on any atom is 0.328 e. The number of nitrogens with one attached hydrogen (secondary N) is 1. The number of hydrogen-bond donors (Lipinski definition) is 1. The predicted octanol–water partition coefficient (Wildman–Crippen LogP) is 5.68. The van der Waals surface area contributed by atoms with Crippen LogP contribution in [-0.2, 0) is 16.1 Å². The smallest absolute Gasteiger partial charge is 0.328 e. The van der Waals surface area contributed by atoms with E-state index in [1.807, 2.05) is 72.4 Å². The number of benzene rings is 3. The van der Waals surface area contributed by atoms with E-state index in [1.54, 1.807) is 7.11 Å². The molecule has 0 aliphatic carbocycles. The molecule has 0 bridgehead atoms. The molecule has 3 aromatic carbocycles. The molecule has 4 aromatic rings. The summed E-state index contributed by atoms with van der Waals surface area (Å²) in [5.74, 6) is 1.50. The van der Waals surface area contributed by atoms with Crippen molar-refractivity contribution in [2.24, 2.45) is 0 Å². The fraction of sp³-hybridized carbons (Fsp3) is 0.333. The van der Waals surface area contributed by atoms with Crippen LogP contribution in [0.2, 0.25) is 0 Å². The molecule has 1 aliphatic heterocycles. The van der Waals surface area contributed by atoms with Gasteiger partial charge in [-0.1, -0.05) is 49.4 Å². The number of carbonyl (C=O) groups is 1. The molecule has 2 heterocycles. The Labute approximate surface area is 241 Å². The molecule has 1 aliphatic rings. The van der Waals surface area contributed by atoms with Crippen LogP contribution in [0.15, 0.2) is 91.3 Å². The first-order valence-electron chi connectivity index (χ1n) is 14.1. The first-order chi connectivity index (χ1) is 20.1. The first-order valence-corrected chi connectivity index (χ1v) is 14.1. The minimum Gasteiger partial charge on any atom is -0.497 e. The molecule has 0 radical (unpaired) electrons. The second kappa shape index (κ2) is 13.4. The molecule has 1 fully saturated rings. The van der Waals surface area contributed by atoms with Gasteiger partial charge in [0.05, 0.1) is 31.8 Å². The molecule has 5 rings (SSSR count). The van der Waals surface area contributed by atoms with Gasteiger partial charge in [0, 0.05) is 31.7 Å². The van der Waals surface area contributed by atoms with E-state index in [9.17, 15) is 4.79 Å². The second-order valence-corrected chi connectivity index (χ2v) is 10.4. The SMILES string of the molecule is CCC(Nc1ccccc1OC1CC(c2cnn(-c3ccc(OC)cc3)c2)CN(Cc2ccccc2)C1)C(=O)OC. The number of ether oxygens (including phenoxy) is 3. The Morgan fingerprint density at radius 2 is 1.76 bits per heavy atom. The summed E-state index contributed by atoms with van der Waals surface area (Å²) >= 11 is 0. The highest BCUT2D eigenvalue weighted by molar-refractivity contribution is 5.80. The number of anilines is 1. The third-order valence-electron chi connectivity index (χ3n) is 7.55. The molecule has 0 saturated carbocycles. The van der Waals surface area contributed by atoms with Crippen LogP contribution >= 0.6 is 0 Å². The summed E-state index contributed by atoms with van der Waals surface area (Å²) < 4.78 is 18.9. The average Bonchev–Trinajstić information content (AvgIpc) is 3.51. The first kappa shape index (κ1) is 28.2. The highest BCUT2D eigenvalue weighted by atomic mass is 16.5. The zero-order valence-electron chi connectivity index (χ0n) is 23.9. The van der Waals surface area contributed by atoms with Gasteiger partial charge in [0.15, 0.2) is 0 Å². The minimum atomic E-state index is -0.442.